The van der Waals surface area contributed by atoms with Crippen LogP contribution in [0.25, 0.3) is 87.6 Å². The monoisotopic (exact) mass is 582 g/mol. The lowest BCUT2D eigenvalue weighted by molar-refractivity contribution is 1.63. The smallest absolute Gasteiger partial charge is 0.00264 e. The van der Waals surface area contributed by atoms with Crippen LogP contribution in [-0.4, -0.2) is 0 Å². The Morgan fingerprint density at radius 2 is 0.326 bits per heavy atom. The number of rotatable bonds is 4. The zero-order valence-electron chi connectivity index (χ0n) is 25.3. The van der Waals surface area contributed by atoms with Gasteiger partial charge in [-0.2, -0.15) is 0 Å². The molecular weight excluding hydrogens is 553 g/mol. The highest BCUT2D eigenvalue weighted by atomic mass is 14.2. The van der Waals surface area contributed by atoms with E-state index in [0.717, 1.165) is 0 Å². The first-order valence-electron chi connectivity index (χ1n) is 16.0. The molecule has 0 saturated carbocycles. The van der Waals surface area contributed by atoms with E-state index in [-0.39, 0.29) is 0 Å². The molecular formula is C46H30. The predicted molar refractivity (Wildman–Crippen MR) is 198 cm³/mol. The van der Waals surface area contributed by atoms with Crippen molar-refractivity contribution in [3.05, 3.63) is 182 Å². The quantitative estimate of drug-likeness (QED) is 0.181. The fraction of sp³-hybridized carbons (Fsp3) is 0. The minimum Gasteiger partial charge on any atom is -0.0622 e. The normalized spacial score (nSPS) is 11.5. The maximum atomic E-state index is 2.32. The van der Waals surface area contributed by atoms with Crippen molar-refractivity contribution in [2.45, 2.75) is 0 Å². The largest absolute Gasteiger partial charge is 0.0622 e. The van der Waals surface area contributed by atoms with Gasteiger partial charge in [-0.25, -0.2) is 0 Å². The Morgan fingerprint density at radius 3 is 0.543 bits per heavy atom. The van der Waals surface area contributed by atoms with Crippen molar-refractivity contribution < 1.29 is 0 Å². The Hall–Kier alpha value is -5.98. The van der Waals surface area contributed by atoms with Crippen LogP contribution in [0.1, 0.15) is 0 Å². The summed E-state index contributed by atoms with van der Waals surface area (Å²) in [6.45, 7) is 0. The first kappa shape index (κ1) is 26.4. The van der Waals surface area contributed by atoms with E-state index < -0.39 is 0 Å². The third-order valence-electron chi connectivity index (χ3n) is 9.45. The molecule has 0 aromatic heterocycles. The summed E-state index contributed by atoms with van der Waals surface area (Å²) in [6.07, 6.45) is 0. The van der Waals surface area contributed by atoms with Crippen LogP contribution in [0.4, 0.5) is 0 Å². The van der Waals surface area contributed by atoms with Gasteiger partial charge in [-0.3, -0.25) is 0 Å². The lowest BCUT2D eigenvalue weighted by Gasteiger charge is -2.19. The zero-order valence-corrected chi connectivity index (χ0v) is 25.3. The van der Waals surface area contributed by atoms with Crippen LogP contribution in [0.15, 0.2) is 182 Å². The highest BCUT2D eigenvalue weighted by Crippen LogP contribution is 2.46. The molecule has 214 valence electrons. The van der Waals surface area contributed by atoms with Crippen LogP contribution in [0.2, 0.25) is 0 Å². The third-order valence-corrected chi connectivity index (χ3v) is 9.45. The summed E-state index contributed by atoms with van der Waals surface area (Å²) in [4.78, 5) is 0. The Kier molecular flexibility index (Phi) is 6.25. The molecule has 0 amide bonds. The fourth-order valence-electron chi connectivity index (χ4n) is 7.51. The van der Waals surface area contributed by atoms with Crippen molar-refractivity contribution in [1.29, 1.82) is 0 Å². The van der Waals surface area contributed by atoms with Crippen LogP contribution in [0, 0.1) is 0 Å². The minimum absolute atomic E-state index is 1.23. The van der Waals surface area contributed by atoms with E-state index in [0.29, 0.717) is 0 Å². The van der Waals surface area contributed by atoms with Gasteiger partial charge in [-0.1, -0.05) is 182 Å². The maximum absolute atomic E-state index is 2.32. The Bertz CT molecular complexity index is 2250. The molecule has 46 heavy (non-hydrogen) atoms. The van der Waals surface area contributed by atoms with Gasteiger partial charge in [0.1, 0.15) is 0 Å². The summed E-state index contributed by atoms with van der Waals surface area (Å²) >= 11 is 0. The van der Waals surface area contributed by atoms with E-state index in [1.54, 1.807) is 0 Å². The van der Waals surface area contributed by atoms with Gasteiger partial charge in [0, 0.05) is 0 Å². The molecule has 0 atom stereocenters. The molecule has 0 heterocycles. The topological polar surface area (TPSA) is 0 Å². The Balaban J connectivity index is 1.28. The van der Waals surface area contributed by atoms with Crippen molar-refractivity contribution in [3.8, 4) is 44.5 Å². The van der Waals surface area contributed by atoms with Crippen LogP contribution in [0.3, 0.4) is 0 Å². The molecule has 0 fully saturated rings. The lowest BCUT2D eigenvalue weighted by Crippen LogP contribution is -1.92. The third kappa shape index (κ3) is 4.15. The molecule has 0 bridgehead atoms. The van der Waals surface area contributed by atoms with Gasteiger partial charge in [0.2, 0.25) is 0 Å². The second-order valence-corrected chi connectivity index (χ2v) is 12.0. The zero-order chi connectivity index (χ0) is 30.5. The summed E-state index contributed by atoms with van der Waals surface area (Å²) in [6, 6.07) is 66.4. The van der Waals surface area contributed by atoms with Crippen LogP contribution >= 0.6 is 0 Å². The molecule has 0 aliphatic carbocycles. The molecule has 0 saturated heterocycles. The van der Waals surface area contributed by atoms with Crippen LogP contribution in [-0.2, 0) is 0 Å². The molecule has 0 nitrogen and oxygen atoms in total. The van der Waals surface area contributed by atoms with E-state index in [4.69, 9.17) is 0 Å². The van der Waals surface area contributed by atoms with Crippen molar-refractivity contribution in [2.24, 2.45) is 0 Å². The van der Waals surface area contributed by atoms with Gasteiger partial charge in [-0.05, 0) is 87.6 Å². The van der Waals surface area contributed by atoms with Crippen molar-refractivity contribution >= 4 is 43.1 Å². The van der Waals surface area contributed by atoms with Crippen molar-refractivity contribution in [2.75, 3.05) is 0 Å². The molecule has 0 N–H and O–H groups in total. The average Bonchev–Trinajstić information content (AvgIpc) is 3.13. The summed E-state index contributed by atoms with van der Waals surface area (Å²) in [5, 5.41) is 10.2. The molecule has 9 rings (SSSR count). The average molecular weight is 583 g/mol. The Morgan fingerprint density at radius 1 is 0.152 bits per heavy atom. The lowest BCUT2D eigenvalue weighted by atomic mass is 9.84. The minimum atomic E-state index is 1.23. The van der Waals surface area contributed by atoms with Gasteiger partial charge < -0.3 is 0 Å². The van der Waals surface area contributed by atoms with Crippen molar-refractivity contribution in [3.63, 3.8) is 0 Å². The van der Waals surface area contributed by atoms with Crippen molar-refractivity contribution in [1.82, 2.24) is 0 Å². The SMILES string of the molecule is c1ccc(-c2c3ccccc3c(-c3ccc(-c4c5ccccc5c(-c5ccccc5)c5ccccc45)cc3)c3ccccc23)cc1. The number of benzene rings is 9. The molecule has 0 aliphatic heterocycles. The summed E-state index contributed by atoms with van der Waals surface area (Å²) in [5.74, 6) is 0. The van der Waals surface area contributed by atoms with Crippen LogP contribution in [0.5, 0.6) is 0 Å². The van der Waals surface area contributed by atoms with Crippen LogP contribution < -0.4 is 0 Å². The first-order valence-corrected chi connectivity index (χ1v) is 16.0. The van der Waals surface area contributed by atoms with E-state index in [9.17, 15) is 0 Å². The molecule has 0 unspecified atom stereocenters. The second kappa shape index (κ2) is 10.9. The highest BCUT2D eigenvalue weighted by Gasteiger charge is 2.18. The van der Waals surface area contributed by atoms with Gasteiger partial charge in [0.05, 0.1) is 0 Å². The Labute approximate surface area is 268 Å². The molecule has 0 spiro atoms. The van der Waals surface area contributed by atoms with E-state index in [1.807, 2.05) is 0 Å². The molecule has 0 aliphatic rings. The number of hydrogen-bond acceptors (Lipinski definition) is 0. The number of fused-ring (bicyclic) bond motifs is 4. The molecule has 9 aromatic rings. The summed E-state index contributed by atoms with van der Waals surface area (Å²) in [7, 11) is 0. The number of hydrogen-bond donors (Lipinski definition) is 0. The van der Waals surface area contributed by atoms with E-state index >= 15 is 0 Å². The summed E-state index contributed by atoms with van der Waals surface area (Å²) < 4.78 is 0. The van der Waals surface area contributed by atoms with Gasteiger partial charge in [-0.15, -0.1) is 0 Å². The summed E-state index contributed by atoms with van der Waals surface area (Å²) in [5.41, 5.74) is 10.1. The molecule has 0 radical (unpaired) electrons. The van der Waals surface area contributed by atoms with Gasteiger partial charge in [0.25, 0.3) is 0 Å². The first-order chi connectivity index (χ1) is 22.9. The van der Waals surface area contributed by atoms with E-state index in [2.05, 4.69) is 182 Å². The highest BCUT2D eigenvalue weighted by molar-refractivity contribution is 6.23. The predicted octanol–water partition coefficient (Wildman–Crippen LogP) is 13.0. The molecule has 9 aromatic carbocycles. The fourth-order valence-corrected chi connectivity index (χ4v) is 7.51. The maximum Gasteiger partial charge on any atom is -0.00264 e. The van der Waals surface area contributed by atoms with Gasteiger partial charge in [0.15, 0.2) is 0 Å². The molecule has 0 heteroatoms. The standard InChI is InChI=1S/C46H30/c1-3-15-31(16-4-1)43-35-19-7-11-23-39(35)45(40-24-12-8-20-36(40)43)33-27-29-34(30-28-33)46-41-25-13-9-21-37(41)44(32-17-5-2-6-18-32)38-22-10-14-26-42(38)46/h1-30H. The van der Waals surface area contributed by atoms with E-state index in [1.165, 1.54) is 87.6 Å². The second-order valence-electron chi connectivity index (χ2n) is 12.0. The van der Waals surface area contributed by atoms with Gasteiger partial charge >= 0.3 is 0 Å².